The normalized spacial score (nSPS) is 14.9. The van der Waals surface area contributed by atoms with E-state index in [-0.39, 0.29) is 5.91 Å². The van der Waals surface area contributed by atoms with Gasteiger partial charge in [-0.05, 0) is 74.2 Å². The first-order valence-electron chi connectivity index (χ1n) is 11.0. The van der Waals surface area contributed by atoms with Crippen LogP contribution in [0.15, 0.2) is 42.7 Å². The number of piperazine rings is 1. The number of hydrogen-bond acceptors (Lipinski definition) is 5. The predicted octanol–water partition coefficient (Wildman–Crippen LogP) is 5.38. The average Bonchev–Trinajstić information content (AvgIpc) is 3.10. The lowest BCUT2D eigenvalue weighted by Gasteiger charge is -2.34. The number of pyridine rings is 1. The molecule has 32 heavy (non-hydrogen) atoms. The van der Waals surface area contributed by atoms with Crippen molar-refractivity contribution in [1.29, 1.82) is 0 Å². The van der Waals surface area contributed by atoms with E-state index in [0.717, 1.165) is 57.8 Å². The molecule has 1 amide bonds. The lowest BCUT2D eigenvalue weighted by atomic mass is 10.0. The third-order valence-corrected chi connectivity index (χ3v) is 7.90. The van der Waals surface area contributed by atoms with E-state index in [4.69, 9.17) is 0 Å². The molecule has 2 aromatic carbocycles. The summed E-state index contributed by atoms with van der Waals surface area (Å²) in [7, 11) is 2.16. The van der Waals surface area contributed by atoms with Gasteiger partial charge in [0.2, 0.25) is 0 Å². The Morgan fingerprint density at radius 1 is 0.969 bits per heavy atom. The van der Waals surface area contributed by atoms with Crippen molar-refractivity contribution in [3.05, 3.63) is 64.3 Å². The number of aromatic nitrogens is 1. The average molecular weight is 445 g/mol. The van der Waals surface area contributed by atoms with Gasteiger partial charge in [0.15, 0.2) is 0 Å². The van der Waals surface area contributed by atoms with Crippen LogP contribution in [0.1, 0.15) is 26.4 Å². The zero-order valence-electron chi connectivity index (χ0n) is 19.0. The molecule has 2 aromatic heterocycles. The van der Waals surface area contributed by atoms with E-state index >= 15 is 0 Å². The molecule has 5 rings (SSSR count). The molecule has 0 spiro atoms. The van der Waals surface area contributed by atoms with E-state index in [1.165, 1.54) is 22.2 Å². The minimum atomic E-state index is -0.0588. The molecule has 0 aliphatic carbocycles. The molecule has 0 atom stereocenters. The summed E-state index contributed by atoms with van der Waals surface area (Å²) in [5.41, 5.74) is 5.56. The first-order valence-corrected chi connectivity index (χ1v) is 11.9. The van der Waals surface area contributed by atoms with Crippen LogP contribution in [0.5, 0.6) is 0 Å². The molecule has 0 saturated carbocycles. The molecular formula is C26H28N4OS. The standard InChI is InChI=1S/C26H28N4OS/c1-16-13-20-18(3)25(32-24(20)14-17(16)2)26(31)28-22-5-6-23(19-7-8-27-15-21(19)22)30-11-9-29(4)10-12-30/h5-8,13-15H,9-12H2,1-4H3,(H,28,31). The second kappa shape index (κ2) is 8.19. The fourth-order valence-electron chi connectivity index (χ4n) is 4.48. The van der Waals surface area contributed by atoms with E-state index in [0.29, 0.717) is 0 Å². The number of carbonyl (C=O) groups is 1. The van der Waals surface area contributed by atoms with Crippen LogP contribution in [0.2, 0.25) is 0 Å². The van der Waals surface area contributed by atoms with Crippen LogP contribution in [0, 0.1) is 20.8 Å². The minimum Gasteiger partial charge on any atom is -0.368 e. The summed E-state index contributed by atoms with van der Waals surface area (Å²) in [4.78, 5) is 23.2. The van der Waals surface area contributed by atoms with Crippen LogP contribution in [0.25, 0.3) is 20.9 Å². The molecule has 1 aliphatic rings. The molecule has 3 heterocycles. The summed E-state index contributed by atoms with van der Waals surface area (Å²) in [6.45, 7) is 10.4. The number of hydrogen-bond donors (Lipinski definition) is 1. The van der Waals surface area contributed by atoms with Crippen molar-refractivity contribution >= 4 is 49.5 Å². The van der Waals surface area contributed by atoms with Gasteiger partial charge in [0.1, 0.15) is 0 Å². The molecular weight excluding hydrogens is 416 g/mol. The van der Waals surface area contributed by atoms with Gasteiger partial charge < -0.3 is 15.1 Å². The fraction of sp³-hybridized carbons (Fsp3) is 0.308. The number of aryl methyl sites for hydroxylation is 3. The monoisotopic (exact) mass is 444 g/mol. The number of anilines is 2. The summed E-state index contributed by atoms with van der Waals surface area (Å²) in [5, 5.41) is 6.44. The van der Waals surface area contributed by atoms with Crippen LogP contribution >= 0.6 is 11.3 Å². The molecule has 0 radical (unpaired) electrons. The Morgan fingerprint density at radius 3 is 2.50 bits per heavy atom. The third-order valence-electron chi connectivity index (χ3n) is 6.65. The van der Waals surface area contributed by atoms with E-state index in [9.17, 15) is 4.79 Å². The zero-order chi connectivity index (χ0) is 22.4. The van der Waals surface area contributed by atoms with Crippen molar-refractivity contribution in [2.75, 3.05) is 43.4 Å². The Labute approximate surface area is 192 Å². The molecule has 1 fully saturated rings. The van der Waals surface area contributed by atoms with Crippen molar-refractivity contribution < 1.29 is 4.79 Å². The second-order valence-electron chi connectivity index (χ2n) is 8.79. The summed E-state index contributed by atoms with van der Waals surface area (Å²) in [5.74, 6) is -0.0588. The van der Waals surface area contributed by atoms with E-state index < -0.39 is 0 Å². The number of nitrogens with zero attached hydrogens (tertiary/aromatic N) is 3. The largest absolute Gasteiger partial charge is 0.368 e. The number of carbonyl (C=O) groups excluding carboxylic acids is 1. The highest BCUT2D eigenvalue weighted by Crippen LogP contribution is 2.35. The lowest BCUT2D eigenvalue weighted by molar-refractivity contribution is 0.103. The van der Waals surface area contributed by atoms with Gasteiger partial charge in [-0.25, -0.2) is 0 Å². The number of thiophene rings is 1. The first-order chi connectivity index (χ1) is 15.4. The molecule has 4 aromatic rings. The topological polar surface area (TPSA) is 48.5 Å². The molecule has 5 nitrogen and oxygen atoms in total. The predicted molar refractivity (Wildman–Crippen MR) is 135 cm³/mol. The molecule has 1 aliphatic heterocycles. The zero-order valence-corrected chi connectivity index (χ0v) is 19.8. The van der Waals surface area contributed by atoms with Gasteiger partial charge in [-0.1, -0.05) is 6.07 Å². The maximum atomic E-state index is 13.3. The number of rotatable bonds is 3. The Bertz CT molecular complexity index is 1330. The van der Waals surface area contributed by atoms with E-state index in [1.807, 2.05) is 25.4 Å². The van der Waals surface area contributed by atoms with Crippen LogP contribution in [0.4, 0.5) is 11.4 Å². The third kappa shape index (κ3) is 3.63. The van der Waals surface area contributed by atoms with Gasteiger partial charge in [0, 0.05) is 59.7 Å². The molecule has 164 valence electrons. The van der Waals surface area contributed by atoms with Crippen LogP contribution in [-0.2, 0) is 0 Å². The van der Waals surface area contributed by atoms with Crippen LogP contribution < -0.4 is 10.2 Å². The van der Waals surface area contributed by atoms with Crippen molar-refractivity contribution in [2.45, 2.75) is 20.8 Å². The quantitative estimate of drug-likeness (QED) is 0.461. The highest BCUT2D eigenvalue weighted by Gasteiger charge is 2.20. The van der Waals surface area contributed by atoms with Crippen molar-refractivity contribution in [2.24, 2.45) is 0 Å². The highest BCUT2D eigenvalue weighted by atomic mass is 32.1. The summed E-state index contributed by atoms with van der Waals surface area (Å²) in [6, 6.07) is 10.6. The Morgan fingerprint density at radius 2 is 1.72 bits per heavy atom. The van der Waals surface area contributed by atoms with E-state index in [2.05, 4.69) is 65.3 Å². The van der Waals surface area contributed by atoms with Crippen molar-refractivity contribution in [3.63, 3.8) is 0 Å². The first kappa shape index (κ1) is 20.9. The Kier molecular flexibility index (Phi) is 5.35. The number of likely N-dealkylation sites (N-methyl/N-ethyl adjacent to an activating group) is 1. The highest BCUT2D eigenvalue weighted by molar-refractivity contribution is 7.21. The summed E-state index contributed by atoms with van der Waals surface area (Å²) >= 11 is 1.57. The van der Waals surface area contributed by atoms with E-state index in [1.54, 1.807) is 11.3 Å². The van der Waals surface area contributed by atoms with Gasteiger partial charge in [0.05, 0.1) is 10.6 Å². The SMILES string of the molecule is Cc1cc2sc(C(=O)Nc3ccc(N4CCN(C)CC4)c4ccncc34)c(C)c2cc1C. The lowest BCUT2D eigenvalue weighted by Crippen LogP contribution is -2.44. The number of nitrogens with one attached hydrogen (secondary N) is 1. The van der Waals surface area contributed by atoms with Crippen molar-refractivity contribution in [1.82, 2.24) is 9.88 Å². The Hall–Kier alpha value is -2.96. The minimum absolute atomic E-state index is 0.0588. The summed E-state index contributed by atoms with van der Waals surface area (Å²) in [6.07, 6.45) is 3.68. The second-order valence-corrected chi connectivity index (χ2v) is 9.84. The molecule has 0 unspecified atom stereocenters. The van der Waals surface area contributed by atoms with Gasteiger partial charge in [-0.3, -0.25) is 9.78 Å². The number of amides is 1. The van der Waals surface area contributed by atoms with Gasteiger partial charge in [-0.15, -0.1) is 11.3 Å². The maximum Gasteiger partial charge on any atom is 0.266 e. The molecule has 6 heteroatoms. The number of benzene rings is 2. The summed E-state index contributed by atoms with van der Waals surface area (Å²) < 4.78 is 1.16. The smallest absolute Gasteiger partial charge is 0.266 e. The van der Waals surface area contributed by atoms with Crippen LogP contribution in [-0.4, -0.2) is 49.0 Å². The number of fused-ring (bicyclic) bond motifs is 2. The fourth-order valence-corrected chi connectivity index (χ4v) is 5.66. The Balaban J connectivity index is 1.50. The molecule has 1 saturated heterocycles. The van der Waals surface area contributed by atoms with Gasteiger partial charge in [0.25, 0.3) is 5.91 Å². The van der Waals surface area contributed by atoms with Crippen LogP contribution in [0.3, 0.4) is 0 Å². The van der Waals surface area contributed by atoms with Gasteiger partial charge >= 0.3 is 0 Å². The maximum absolute atomic E-state index is 13.3. The molecule has 0 bridgehead atoms. The van der Waals surface area contributed by atoms with Gasteiger partial charge in [-0.2, -0.15) is 0 Å². The van der Waals surface area contributed by atoms with Crippen molar-refractivity contribution in [3.8, 4) is 0 Å². The molecule has 1 N–H and O–H groups in total.